The highest BCUT2D eigenvalue weighted by Gasteiger charge is 2.29. The SMILES string of the molecule is COc1ccc2cc1Nc1cc(c([N+](=O)[O-])cc1[N+](=O)[O-])Oc1cc(C)cc(c1)Oc1cc(c([N+](=O)[O-])cc1[N+](=O)[O-])N2. The summed E-state index contributed by atoms with van der Waals surface area (Å²) in [4.78, 5) is 44.2. The van der Waals surface area contributed by atoms with Crippen LogP contribution in [0.4, 0.5) is 45.5 Å². The lowest BCUT2D eigenvalue weighted by molar-refractivity contribution is -0.394. The van der Waals surface area contributed by atoms with E-state index in [4.69, 9.17) is 14.2 Å². The van der Waals surface area contributed by atoms with Gasteiger partial charge in [0.1, 0.15) is 40.8 Å². The average Bonchev–Trinajstić information content (AvgIpc) is 2.92. The standard InChI is InChI=1S/C26H18N6O11/c1-13-5-15-8-16(6-13)43-26-10-18(21(30(35)36)12-23(26)32(39)40)28-19-7-14(3-4-24(19)41-2)27-17-9-25(42-15)22(31(37)38)11-20(17)29(33)34/h3-12,27-28H,1-2H3. The smallest absolute Gasteiger partial charge is 0.318 e. The fraction of sp³-hybridized carbons (Fsp3) is 0.0769. The van der Waals surface area contributed by atoms with Crippen LogP contribution in [0, 0.1) is 47.4 Å². The molecule has 0 aromatic heterocycles. The van der Waals surface area contributed by atoms with E-state index in [-0.39, 0.29) is 51.5 Å². The Bertz CT molecular complexity index is 1860. The number of anilines is 4. The van der Waals surface area contributed by atoms with Crippen LogP contribution in [0.5, 0.6) is 28.7 Å². The molecule has 0 atom stereocenters. The van der Waals surface area contributed by atoms with Crippen LogP contribution in [-0.4, -0.2) is 26.8 Å². The van der Waals surface area contributed by atoms with Gasteiger partial charge in [0.15, 0.2) is 0 Å². The molecule has 43 heavy (non-hydrogen) atoms. The number of benzene rings is 4. The van der Waals surface area contributed by atoms with Crippen molar-refractivity contribution in [2.24, 2.45) is 0 Å². The van der Waals surface area contributed by atoms with Gasteiger partial charge in [-0.25, -0.2) is 0 Å². The number of methoxy groups -OCH3 is 1. The summed E-state index contributed by atoms with van der Waals surface area (Å²) < 4.78 is 17.0. The van der Waals surface area contributed by atoms with Gasteiger partial charge in [-0.3, -0.25) is 40.5 Å². The van der Waals surface area contributed by atoms with Crippen molar-refractivity contribution < 1.29 is 33.9 Å². The lowest BCUT2D eigenvalue weighted by atomic mass is 10.1. The van der Waals surface area contributed by atoms with Gasteiger partial charge in [0.05, 0.1) is 32.5 Å². The lowest BCUT2D eigenvalue weighted by Gasteiger charge is -2.17. The second kappa shape index (κ2) is 10.8. The summed E-state index contributed by atoms with van der Waals surface area (Å²) in [5.74, 6) is -0.532. The molecule has 0 unspecified atom stereocenters. The zero-order valence-electron chi connectivity index (χ0n) is 22.1. The monoisotopic (exact) mass is 590 g/mol. The van der Waals surface area contributed by atoms with Gasteiger partial charge in [-0.05, 0) is 42.8 Å². The molecule has 0 spiro atoms. The number of hydrogen-bond donors (Lipinski definition) is 2. The molecular weight excluding hydrogens is 572 g/mol. The quantitative estimate of drug-likeness (QED) is 0.155. The Balaban J connectivity index is 1.81. The number of fused-ring (bicyclic) bond motifs is 8. The van der Waals surface area contributed by atoms with E-state index in [0.29, 0.717) is 5.56 Å². The molecule has 1 aliphatic rings. The number of ether oxygens (including phenoxy) is 3. The van der Waals surface area contributed by atoms with Crippen molar-refractivity contribution in [1.82, 2.24) is 0 Å². The van der Waals surface area contributed by atoms with E-state index in [1.807, 2.05) is 0 Å². The second-order valence-corrected chi connectivity index (χ2v) is 9.05. The second-order valence-electron chi connectivity index (χ2n) is 9.05. The molecule has 0 fully saturated rings. The Morgan fingerprint density at radius 2 is 1.09 bits per heavy atom. The Hall–Kier alpha value is -6.52. The zero-order valence-corrected chi connectivity index (χ0v) is 22.1. The van der Waals surface area contributed by atoms with Crippen molar-refractivity contribution in [2.75, 3.05) is 17.7 Å². The topological polar surface area (TPSA) is 224 Å². The predicted molar refractivity (Wildman–Crippen MR) is 150 cm³/mol. The van der Waals surface area contributed by atoms with Crippen molar-refractivity contribution in [3.8, 4) is 28.7 Å². The number of aryl methyl sites for hydroxylation is 1. The molecular formula is C26H18N6O11. The maximum Gasteiger partial charge on any atom is 0.318 e. The maximum atomic E-state index is 11.9. The summed E-state index contributed by atoms with van der Waals surface area (Å²) in [5, 5.41) is 53.2. The molecule has 4 aromatic rings. The van der Waals surface area contributed by atoms with Crippen LogP contribution in [0.15, 0.2) is 60.7 Å². The van der Waals surface area contributed by atoms with Crippen LogP contribution in [0.25, 0.3) is 0 Å². The van der Waals surface area contributed by atoms with Crippen LogP contribution in [0.3, 0.4) is 0 Å². The van der Waals surface area contributed by atoms with Crippen molar-refractivity contribution in [3.63, 3.8) is 0 Å². The zero-order chi connectivity index (χ0) is 31.0. The third-order valence-electron chi connectivity index (χ3n) is 6.17. The van der Waals surface area contributed by atoms with E-state index < -0.39 is 42.4 Å². The molecule has 0 radical (unpaired) electrons. The highest BCUT2D eigenvalue weighted by molar-refractivity contribution is 5.82. The number of nitrogens with zero attached hydrogens (tertiary/aromatic N) is 4. The lowest BCUT2D eigenvalue weighted by Crippen LogP contribution is -2.04. The number of nitro groups is 4. The summed E-state index contributed by atoms with van der Waals surface area (Å²) in [5.41, 5.74) is -2.20. The molecule has 8 bridgehead atoms. The molecule has 218 valence electrons. The van der Waals surface area contributed by atoms with Gasteiger partial charge < -0.3 is 24.8 Å². The minimum atomic E-state index is -0.843. The largest absolute Gasteiger partial charge is 0.495 e. The van der Waals surface area contributed by atoms with Gasteiger partial charge in [-0.2, -0.15) is 0 Å². The molecule has 4 aromatic carbocycles. The highest BCUT2D eigenvalue weighted by Crippen LogP contribution is 2.45. The number of nitrogens with one attached hydrogen (secondary N) is 2. The first-order valence-electron chi connectivity index (χ1n) is 12.1. The third kappa shape index (κ3) is 5.57. The Labute approximate surface area is 239 Å². The van der Waals surface area contributed by atoms with Crippen LogP contribution < -0.4 is 24.8 Å². The van der Waals surface area contributed by atoms with E-state index in [1.54, 1.807) is 6.92 Å². The van der Waals surface area contributed by atoms with Gasteiger partial charge in [-0.15, -0.1) is 0 Å². The third-order valence-corrected chi connectivity index (χ3v) is 6.17. The van der Waals surface area contributed by atoms with Gasteiger partial charge in [0, 0.05) is 23.9 Å². The summed E-state index contributed by atoms with van der Waals surface area (Å²) in [6, 6.07) is 12.2. The molecule has 1 aliphatic heterocycles. The Morgan fingerprint density at radius 3 is 1.56 bits per heavy atom. The molecule has 1 heterocycles. The van der Waals surface area contributed by atoms with Crippen molar-refractivity contribution >= 4 is 45.5 Å². The Morgan fingerprint density at radius 1 is 0.605 bits per heavy atom. The van der Waals surface area contributed by atoms with E-state index in [1.165, 1.54) is 43.5 Å². The fourth-order valence-electron chi connectivity index (χ4n) is 4.34. The van der Waals surface area contributed by atoms with Gasteiger partial charge in [0.25, 0.3) is 11.4 Å². The number of hydrogen-bond acceptors (Lipinski definition) is 13. The molecule has 17 nitrogen and oxygen atoms in total. The molecule has 0 amide bonds. The first-order chi connectivity index (χ1) is 20.4. The summed E-state index contributed by atoms with van der Waals surface area (Å²) >= 11 is 0. The molecule has 2 N–H and O–H groups in total. The van der Waals surface area contributed by atoms with Gasteiger partial charge in [-0.1, -0.05) is 0 Å². The van der Waals surface area contributed by atoms with Crippen LogP contribution >= 0.6 is 0 Å². The van der Waals surface area contributed by atoms with E-state index in [0.717, 1.165) is 24.3 Å². The first kappa shape index (κ1) is 28.0. The summed E-state index contributed by atoms with van der Waals surface area (Å²) in [6.07, 6.45) is 0. The summed E-state index contributed by atoms with van der Waals surface area (Å²) in [7, 11) is 1.33. The van der Waals surface area contributed by atoms with Crippen molar-refractivity contribution in [3.05, 3.63) is 107 Å². The minimum Gasteiger partial charge on any atom is -0.495 e. The highest BCUT2D eigenvalue weighted by atomic mass is 16.6. The molecule has 5 rings (SSSR count). The Kier molecular flexibility index (Phi) is 7.04. The van der Waals surface area contributed by atoms with Crippen molar-refractivity contribution in [2.45, 2.75) is 6.92 Å². The van der Waals surface area contributed by atoms with E-state index in [9.17, 15) is 40.5 Å². The van der Waals surface area contributed by atoms with E-state index in [2.05, 4.69) is 10.6 Å². The summed E-state index contributed by atoms with van der Waals surface area (Å²) in [6.45, 7) is 1.63. The molecule has 0 aliphatic carbocycles. The van der Waals surface area contributed by atoms with Crippen LogP contribution in [-0.2, 0) is 0 Å². The van der Waals surface area contributed by atoms with Crippen LogP contribution in [0.1, 0.15) is 5.56 Å². The maximum absolute atomic E-state index is 11.9. The number of rotatable bonds is 5. The van der Waals surface area contributed by atoms with E-state index >= 15 is 0 Å². The molecule has 0 saturated carbocycles. The predicted octanol–water partition coefficient (Wildman–Crippen LogP) is 7.02. The fourth-order valence-corrected chi connectivity index (χ4v) is 4.34. The normalized spacial score (nSPS) is 11.6. The van der Waals surface area contributed by atoms with Crippen LogP contribution in [0.2, 0.25) is 0 Å². The van der Waals surface area contributed by atoms with Gasteiger partial charge >= 0.3 is 11.4 Å². The van der Waals surface area contributed by atoms with Crippen molar-refractivity contribution in [1.29, 1.82) is 0 Å². The molecule has 17 heteroatoms. The average molecular weight is 590 g/mol. The first-order valence-corrected chi connectivity index (χ1v) is 12.1. The number of nitro benzene ring substituents is 4. The van der Waals surface area contributed by atoms with Gasteiger partial charge in [0.2, 0.25) is 11.5 Å². The minimum absolute atomic E-state index is 0.000329. The molecule has 0 saturated heterocycles.